The van der Waals surface area contributed by atoms with Gasteiger partial charge in [-0.2, -0.15) is 0 Å². The second kappa shape index (κ2) is 14.8. The first kappa shape index (κ1) is 29.6. The first-order chi connectivity index (χ1) is 19.5. The molecule has 2 aliphatic rings. The lowest BCUT2D eigenvalue weighted by Crippen LogP contribution is -2.50. The van der Waals surface area contributed by atoms with Crippen LogP contribution >= 0.6 is 0 Å². The van der Waals surface area contributed by atoms with Crippen molar-refractivity contribution in [2.75, 3.05) is 57.9 Å². The standard InChI is InChI=1S/C31H42N4O5/c1-33(20-21-36)23-29(37)32-17-5-2-6-22-40-27-12-9-25(10-13-27)31(39)34-18-15-26(16-19-34)35-28-8-4-3-7-24(28)11-14-30(35)38/h3-4,7-10,12-13,26,36H,2,5-6,11,14-23H2,1H3,(H,32,37). The van der Waals surface area contributed by atoms with Gasteiger partial charge in [0.05, 0.1) is 19.8 Å². The maximum atomic E-state index is 13.1. The lowest BCUT2D eigenvalue weighted by Gasteiger charge is -2.41. The lowest BCUT2D eigenvalue weighted by atomic mass is 9.95. The highest BCUT2D eigenvalue weighted by Gasteiger charge is 2.33. The van der Waals surface area contributed by atoms with Crippen LogP contribution in [0, 0.1) is 0 Å². The predicted molar refractivity (Wildman–Crippen MR) is 155 cm³/mol. The molecule has 0 saturated carbocycles. The third-order valence-electron chi connectivity index (χ3n) is 7.65. The molecule has 40 heavy (non-hydrogen) atoms. The zero-order valence-electron chi connectivity index (χ0n) is 23.5. The fraction of sp³-hybridized carbons (Fsp3) is 0.516. The third kappa shape index (κ3) is 8.05. The van der Waals surface area contributed by atoms with Gasteiger partial charge in [-0.1, -0.05) is 18.2 Å². The van der Waals surface area contributed by atoms with Crippen molar-refractivity contribution in [3.63, 3.8) is 0 Å². The van der Waals surface area contributed by atoms with E-state index in [0.29, 0.717) is 44.8 Å². The molecule has 4 rings (SSSR count). The molecule has 0 spiro atoms. The van der Waals surface area contributed by atoms with Crippen LogP contribution in [0.5, 0.6) is 5.75 Å². The van der Waals surface area contributed by atoms with E-state index in [9.17, 15) is 14.4 Å². The molecule has 1 fully saturated rings. The van der Waals surface area contributed by atoms with Crippen molar-refractivity contribution in [1.29, 1.82) is 0 Å². The zero-order chi connectivity index (χ0) is 28.3. The summed E-state index contributed by atoms with van der Waals surface area (Å²) in [5.74, 6) is 0.899. The molecule has 2 heterocycles. The van der Waals surface area contributed by atoms with Gasteiger partial charge < -0.3 is 25.0 Å². The van der Waals surface area contributed by atoms with Crippen LogP contribution < -0.4 is 15.0 Å². The van der Waals surface area contributed by atoms with Crippen LogP contribution in [0.15, 0.2) is 48.5 Å². The molecule has 9 nitrogen and oxygen atoms in total. The number of benzene rings is 2. The molecule has 3 amide bonds. The molecule has 2 N–H and O–H groups in total. The predicted octanol–water partition coefficient (Wildman–Crippen LogP) is 2.86. The minimum absolute atomic E-state index is 0.0139. The van der Waals surface area contributed by atoms with Crippen LogP contribution in [0.25, 0.3) is 0 Å². The van der Waals surface area contributed by atoms with Crippen molar-refractivity contribution in [3.05, 3.63) is 59.7 Å². The summed E-state index contributed by atoms with van der Waals surface area (Å²) in [7, 11) is 1.80. The van der Waals surface area contributed by atoms with Crippen molar-refractivity contribution in [2.24, 2.45) is 0 Å². The Morgan fingerprint density at radius 1 is 1.02 bits per heavy atom. The van der Waals surface area contributed by atoms with E-state index in [1.54, 1.807) is 11.9 Å². The lowest BCUT2D eigenvalue weighted by molar-refractivity contribution is -0.122. The Morgan fingerprint density at radius 2 is 1.77 bits per heavy atom. The molecular formula is C31H42N4O5. The van der Waals surface area contributed by atoms with Gasteiger partial charge in [0.25, 0.3) is 5.91 Å². The molecule has 216 valence electrons. The van der Waals surface area contributed by atoms with Crippen LogP contribution in [-0.4, -0.2) is 91.7 Å². The number of rotatable bonds is 13. The number of carbonyl (C=O) groups excluding carboxylic acids is 3. The van der Waals surface area contributed by atoms with Crippen molar-refractivity contribution >= 4 is 23.4 Å². The van der Waals surface area contributed by atoms with E-state index in [4.69, 9.17) is 9.84 Å². The molecule has 0 bridgehead atoms. The summed E-state index contributed by atoms with van der Waals surface area (Å²) in [6, 6.07) is 15.6. The monoisotopic (exact) mass is 550 g/mol. The number of unbranched alkanes of at least 4 members (excludes halogenated alkanes) is 2. The largest absolute Gasteiger partial charge is 0.494 e. The minimum atomic E-state index is -0.0333. The Morgan fingerprint density at radius 3 is 2.52 bits per heavy atom. The SMILES string of the molecule is CN(CCO)CC(=O)NCCCCCOc1ccc(C(=O)N2CCC(N3C(=O)CCc4ccccc43)CC2)cc1. The molecule has 1 saturated heterocycles. The van der Waals surface area contributed by atoms with E-state index in [1.807, 2.05) is 52.3 Å². The first-order valence-electron chi connectivity index (χ1n) is 14.4. The smallest absolute Gasteiger partial charge is 0.253 e. The van der Waals surface area contributed by atoms with Gasteiger partial charge in [0, 0.05) is 49.9 Å². The van der Waals surface area contributed by atoms with Gasteiger partial charge >= 0.3 is 0 Å². The quantitative estimate of drug-likeness (QED) is 0.372. The number of piperidine rings is 1. The molecule has 0 aromatic heterocycles. The molecular weight excluding hydrogens is 508 g/mol. The number of anilines is 1. The van der Waals surface area contributed by atoms with Gasteiger partial charge in [0.1, 0.15) is 5.75 Å². The number of likely N-dealkylation sites (tertiary alicyclic amines) is 1. The number of aryl methyl sites for hydroxylation is 1. The molecule has 2 aromatic rings. The zero-order valence-corrected chi connectivity index (χ0v) is 23.5. The van der Waals surface area contributed by atoms with Crippen LogP contribution in [-0.2, 0) is 16.0 Å². The number of amides is 3. The Kier molecular flexibility index (Phi) is 10.9. The number of aliphatic hydroxyl groups is 1. The topological polar surface area (TPSA) is 102 Å². The average molecular weight is 551 g/mol. The van der Waals surface area contributed by atoms with Gasteiger partial charge in [0.2, 0.25) is 11.8 Å². The Labute approximate surface area is 237 Å². The summed E-state index contributed by atoms with van der Waals surface area (Å²) in [6.45, 7) is 3.28. The number of carbonyl (C=O) groups is 3. The summed E-state index contributed by atoms with van der Waals surface area (Å²) in [6.07, 6.45) is 5.59. The van der Waals surface area contributed by atoms with E-state index in [0.717, 1.165) is 50.0 Å². The molecule has 2 aliphatic heterocycles. The Hall–Kier alpha value is -3.43. The maximum absolute atomic E-state index is 13.1. The van der Waals surface area contributed by atoms with Gasteiger partial charge in [-0.25, -0.2) is 0 Å². The van der Waals surface area contributed by atoms with Crippen LogP contribution in [0.1, 0.15) is 54.4 Å². The highest BCUT2D eigenvalue weighted by atomic mass is 16.5. The fourth-order valence-electron chi connectivity index (χ4n) is 5.43. The van der Waals surface area contributed by atoms with E-state index >= 15 is 0 Å². The van der Waals surface area contributed by atoms with E-state index in [2.05, 4.69) is 11.4 Å². The third-order valence-corrected chi connectivity index (χ3v) is 7.65. The van der Waals surface area contributed by atoms with Gasteiger partial charge in [-0.15, -0.1) is 0 Å². The molecule has 0 atom stereocenters. The maximum Gasteiger partial charge on any atom is 0.253 e. The van der Waals surface area contributed by atoms with Crippen LogP contribution in [0.4, 0.5) is 5.69 Å². The van der Waals surface area contributed by atoms with Crippen molar-refractivity contribution in [3.8, 4) is 5.75 Å². The normalized spacial score (nSPS) is 15.7. The molecule has 0 unspecified atom stereocenters. The second-order valence-corrected chi connectivity index (χ2v) is 10.7. The van der Waals surface area contributed by atoms with Crippen molar-refractivity contribution < 1.29 is 24.2 Å². The molecule has 2 aromatic carbocycles. The number of hydrogen-bond acceptors (Lipinski definition) is 6. The van der Waals surface area contributed by atoms with Crippen LogP contribution in [0.2, 0.25) is 0 Å². The second-order valence-electron chi connectivity index (χ2n) is 10.7. The number of aliphatic hydroxyl groups excluding tert-OH is 1. The summed E-state index contributed by atoms with van der Waals surface area (Å²) >= 11 is 0. The van der Waals surface area contributed by atoms with Gasteiger partial charge in [-0.3, -0.25) is 19.3 Å². The van der Waals surface area contributed by atoms with E-state index in [-0.39, 0.29) is 36.9 Å². The van der Waals surface area contributed by atoms with E-state index in [1.165, 1.54) is 5.56 Å². The summed E-state index contributed by atoms with van der Waals surface area (Å²) in [5.41, 5.74) is 2.90. The number of hydrogen-bond donors (Lipinski definition) is 2. The van der Waals surface area contributed by atoms with Crippen LogP contribution in [0.3, 0.4) is 0 Å². The van der Waals surface area contributed by atoms with Crippen molar-refractivity contribution in [1.82, 2.24) is 15.1 Å². The number of nitrogens with one attached hydrogen (secondary N) is 1. The van der Waals surface area contributed by atoms with E-state index < -0.39 is 0 Å². The Balaban J connectivity index is 1.14. The average Bonchev–Trinajstić information content (AvgIpc) is 2.97. The molecule has 0 radical (unpaired) electrons. The Bertz CT molecular complexity index is 1130. The van der Waals surface area contributed by atoms with Gasteiger partial charge in [0.15, 0.2) is 0 Å². The fourth-order valence-corrected chi connectivity index (χ4v) is 5.43. The number of fused-ring (bicyclic) bond motifs is 1. The summed E-state index contributed by atoms with van der Waals surface area (Å²) in [5, 5.41) is 11.8. The number of para-hydroxylation sites is 1. The van der Waals surface area contributed by atoms with Gasteiger partial charge in [-0.05, 0) is 81.5 Å². The summed E-state index contributed by atoms with van der Waals surface area (Å²) in [4.78, 5) is 43.3. The minimum Gasteiger partial charge on any atom is -0.494 e. The highest BCUT2D eigenvalue weighted by Crippen LogP contribution is 2.32. The number of nitrogens with zero attached hydrogens (tertiary/aromatic N) is 3. The van der Waals surface area contributed by atoms with Crippen molar-refractivity contribution in [2.45, 2.75) is 51.0 Å². The highest BCUT2D eigenvalue weighted by molar-refractivity contribution is 5.97. The molecule has 0 aliphatic carbocycles. The number of ether oxygens (including phenoxy) is 1. The number of likely N-dealkylation sites (N-methyl/N-ethyl adjacent to an activating group) is 1. The first-order valence-corrected chi connectivity index (χ1v) is 14.4. The summed E-state index contributed by atoms with van der Waals surface area (Å²) < 4.78 is 5.83. The molecule has 9 heteroatoms.